The maximum Gasteiger partial charge on any atom is 0.119 e. The summed E-state index contributed by atoms with van der Waals surface area (Å²) in [6.07, 6.45) is 0. The van der Waals surface area contributed by atoms with Crippen LogP contribution in [0.1, 0.15) is 16.7 Å². The molecule has 0 spiro atoms. The molecule has 0 aromatic heterocycles. The number of anilines is 1. The van der Waals surface area contributed by atoms with Crippen molar-refractivity contribution in [2.24, 2.45) is 0 Å². The Hall–Kier alpha value is -1.61. The molecule has 0 aliphatic rings. The van der Waals surface area contributed by atoms with Crippen LogP contribution in [-0.4, -0.2) is 12.4 Å². The van der Waals surface area contributed by atoms with Gasteiger partial charge in [-0.1, -0.05) is 12.1 Å². The van der Waals surface area contributed by atoms with E-state index in [4.69, 9.17) is 10.5 Å². The molecule has 0 amide bonds. The highest BCUT2D eigenvalue weighted by Crippen LogP contribution is 2.26. The van der Waals surface area contributed by atoms with Gasteiger partial charge in [0.25, 0.3) is 0 Å². The minimum Gasteiger partial charge on any atom is -0.493 e. The van der Waals surface area contributed by atoms with Crippen molar-refractivity contribution in [2.45, 2.75) is 25.7 Å². The monoisotopic (exact) mass is 287 g/mol. The van der Waals surface area contributed by atoms with Crippen molar-refractivity contribution in [3.63, 3.8) is 0 Å². The molecule has 2 aromatic carbocycles. The van der Waals surface area contributed by atoms with Crippen LogP contribution < -0.4 is 10.5 Å². The summed E-state index contributed by atoms with van der Waals surface area (Å²) >= 11 is 1.74. The Morgan fingerprint density at radius 2 is 1.65 bits per heavy atom. The molecule has 0 heterocycles. The summed E-state index contributed by atoms with van der Waals surface area (Å²) in [4.78, 5) is 1.13. The van der Waals surface area contributed by atoms with E-state index < -0.39 is 0 Å². The molecule has 0 unspecified atom stereocenters. The van der Waals surface area contributed by atoms with Gasteiger partial charge in [0.15, 0.2) is 0 Å². The van der Waals surface area contributed by atoms with Gasteiger partial charge in [-0.15, -0.1) is 11.8 Å². The molecule has 0 fully saturated rings. The average molecular weight is 287 g/mol. The fourth-order valence-corrected chi connectivity index (χ4v) is 2.98. The molecule has 0 aliphatic heterocycles. The van der Waals surface area contributed by atoms with E-state index in [0.29, 0.717) is 6.61 Å². The van der Waals surface area contributed by atoms with Crippen molar-refractivity contribution in [2.75, 3.05) is 18.1 Å². The minimum atomic E-state index is 0.681. The zero-order valence-electron chi connectivity index (χ0n) is 12.3. The van der Waals surface area contributed by atoms with E-state index in [1.54, 1.807) is 11.8 Å². The Morgan fingerprint density at radius 1 is 0.950 bits per heavy atom. The van der Waals surface area contributed by atoms with E-state index in [0.717, 1.165) is 22.1 Å². The fourth-order valence-electron chi connectivity index (χ4n) is 2.09. The van der Waals surface area contributed by atoms with Gasteiger partial charge in [-0.3, -0.25) is 0 Å². The Balaban J connectivity index is 1.86. The lowest BCUT2D eigenvalue weighted by Crippen LogP contribution is -2.01. The van der Waals surface area contributed by atoms with Crippen LogP contribution in [0.3, 0.4) is 0 Å². The first-order valence-corrected chi connectivity index (χ1v) is 7.73. The topological polar surface area (TPSA) is 35.2 Å². The van der Waals surface area contributed by atoms with Gasteiger partial charge in [0.2, 0.25) is 0 Å². The third-order valence-electron chi connectivity index (χ3n) is 2.97. The molecule has 0 atom stereocenters. The second-order valence-electron chi connectivity index (χ2n) is 5.06. The fraction of sp³-hybridized carbons (Fsp3) is 0.294. The number of ether oxygens (including phenoxy) is 1. The molecule has 0 aliphatic carbocycles. The summed E-state index contributed by atoms with van der Waals surface area (Å²) in [7, 11) is 0. The van der Waals surface area contributed by atoms with E-state index in [-0.39, 0.29) is 0 Å². The van der Waals surface area contributed by atoms with Crippen LogP contribution >= 0.6 is 11.8 Å². The molecule has 20 heavy (non-hydrogen) atoms. The summed E-state index contributed by atoms with van der Waals surface area (Å²) < 4.78 is 5.80. The molecule has 2 nitrogen and oxygen atoms in total. The number of nitrogen functional groups attached to an aromatic ring is 1. The molecule has 3 heteroatoms. The number of hydrogen-bond donors (Lipinski definition) is 1. The lowest BCUT2D eigenvalue weighted by atomic mass is 10.1. The van der Waals surface area contributed by atoms with E-state index >= 15 is 0 Å². The maximum atomic E-state index is 5.96. The van der Waals surface area contributed by atoms with Gasteiger partial charge in [0.1, 0.15) is 5.75 Å². The zero-order chi connectivity index (χ0) is 14.5. The van der Waals surface area contributed by atoms with Crippen molar-refractivity contribution in [1.29, 1.82) is 0 Å². The lowest BCUT2D eigenvalue weighted by Gasteiger charge is -2.09. The Morgan fingerprint density at radius 3 is 2.35 bits per heavy atom. The zero-order valence-corrected chi connectivity index (χ0v) is 13.1. The predicted molar refractivity (Wildman–Crippen MR) is 87.7 cm³/mol. The first-order valence-electron chi connectivity index (χ1n) is 6.74. The molecule has 0 bridgehead atoms. The Labute approximate surface area is 125 Å². The standard InChI is InChI=1S/C17H21NOS/c1-12-4-5-16(18)17(11-12)20-7-6-19-15-9-13(2)8-14(3)10-15/h4-5,8-11H,6-7,18H2,1-3H3. The third-order valence-corrected chi connectivity index (χ3v) is 4.01. The normalized spacial score (nSPS) is 10.6. The third kappa shape index (κ3) is 4.20. The number of aryl methyl sites for hydroxylation is 3. The minimum absolute atomic E-state index is 0.681. The molecule has 106 valence electrons. The van der Waals surface area contributed by atoms with Gasteiger partial charge in [-0.2, -0.15) is 0 Å². The van der Waals surface area contributed by atoms with Crippen LogP contribution in [0.2, 0.25) is 0 Å². The molecule has 0 saturated carbocycles. The van der Waals surface area contributed by atoms with Crippen LogP contribution in [0, 0.1) is 20.8 Å². The van der Waals surface area contributed by atoms with Crippen LogP contribution in [0.25, 0.3) is 0 Å². The van der Waals surface area contributed by atoms with Gasteiger partial charge in [0.05, 0.1) is 6.61 Å². The number of nitrogens with two attached hydrogens (primary N) is 1. The number of benzene rings is 2. The van der Waals surface area contributed by atoms with Crippen molar-refractivity contribution < 1.29 is 4.74 Å². The Kier molecular flexibility index (Phi) is 4.96. The van der Waals surface area contributed by atoms with Crippen LogP contribution in [-0.2, 0) is 0 Å². The van der Waals surface area contributed by atoms with Crippen molar-refractivity contribution >= 4 is 17.4 Å². The quantitative estimate of drug-likeness (QED) is 0.504. The van der Waals surface area contributed by atoms with Crippen LogP contribution in [0.15, 0.2) is 41.3 Å². The smallest absolute Gasteiger partial charge is 0.119 e. The van der Waals surface area contributed by atoms with Crippen LogP contribution in [0.5, 0.6) is 5.75 Å². The lowest BCUT2D eigenvalue weighted by molar-refractivity contribution is 0.343. The molecule has 2 N–H and O–H groups in total. The molecular formula is C17H21NOS. The number of hydrogen-bond acceptors (Lipinski definition) is 3. The number of thioether (sulfide) groups is 1. The van der Waals surface area contributed by atoms with E-state index in [1.807, 2.05) is 12.1 Å². The van der Waals surface area contributed by atoms with Gasteiger partial charge in [-0.05, 0) is 61.7 Å². The molecule has 2 aromatic rings. The number of rotatable bonds is 5. The van der Waals surface area contributed by atoms with Crippen molar-refractivity contribution in [1.82, 2.24) is 0 Å². The average Bonchev–Trinajstić information content (AvgIpc) is 2.37. The van der Waals surface area contributed by atoms with E-state index in [1.165, 1.54) is 16.7 Å². The summed E-state index contributed by atoms with van der Waals surface area (Å²) in [6.45, 7) is 6.93. The first kappa shape index (κ1) is 14.8. The van der Waals surface area contributed by atoms with E-state index in [2.05, 4.69) is 45.0 Å². The first-order chi connectivity index (χ1) is 9.54. The van der Waals surface area contributed by atoms with Gasteiger partial charge in [-0.25, -0.2) is 0 Å². The molecule has 2 rings (SSSR count). The van der Waals surface area contributed by atoms with E-state index in [9.17, 15) is 0 Å². The van der Waals surface area contributed by atoms with Crippen molar-refractivity contribution in [3.8, 4) is 5.75 Å². The highest BCUT2D eigenvalue weighted by molar-refractivity contribution is 7.99. The highest BCUT2D eigenvalue weighted by Gasteiger charge is 2.01. The van der Waals surface area contributed by atoms with Gasteiger partial charge >= 0.3 is 0 Å². The van der Waals surface area contributed by atoms with Gasteiger partial charge < -0.3 is 10.5 Å². The Bertz CT molecular complexity index is 575. The summed E-state index contributed by atoms with van der Waals surface area (Å²) in [5.41, 5.74) is 10.5. The second kappa shape index (κ2) is 6.71. The highest BCUT2D eigenvalue weighted by atomic mass is 32.2. The van der Waals surface area contributed by atoms with Gasteiger partial charge in [0, 0.05) is 16.3 Å². The SMILES string of the molecule is Cc1cc(C)cc(OCCSc2cc(C)ccc2N)c1. The molecule has 0 radical (unpaired) electrons. The van der Waals surface area contributed by atoms with Crippen molar-refractivity contribution in [3.05, 3.63) is 53.1 Å². The molecule has 0 saturated heterocycles. The van der Waals surface area contributed by atoms with Crippen LogP contribution in [0.4, 0.5) is 5.69 Å². The maximum absolute atomic E-state index is 5.96. The predicted octanol–water partition coefficient (Wildman–Crippen LogP) is 4.37. The molecular weight excluding hydrogens is 266 g/mol. The summed E-state index contributed by atoms with van der Waals surface area (Å²) in [6, 6.07) is 12.4. The second-order valence-corrected chi connectivity index (χ2v) is 6.20. The summed E-state index contributed by atoms with van der Waals surface area (Å²) in [5, 5.41) is 0. The largest absolute Gasteiger partial charge is 0.493 e. The summed E-state index contributed by atoms with van der Waals surface area (Å²) in [5.74, 6) is 1.83.